The molecule has 0 amide bonds. The van der Waals surface area contributed by atoms with Crippen LogP contribution in [0.3, 0.4) is 0 Å². The fourth-order valence-electron chi connectivity index (χ4n) is 2.71. The van der Waals surface area contributed by atoms with Gasteiger partial charge in [-0.3, -0.25) is 4.98 Å². The van der Waals surface area contributed by atoms with Crippen molar-refractivity contribution in [3.63, 3.8) is 0 Å². The second-order valence-corrected chi connectivity index (χ2v) is 5.84. The summed E-state index contributed by atoms with van der Waals surface area (Å²) < 4.78 is 15.8. The van der Waals surface area contributed by atoms with Crippen molar-refractivity contribution in [2.75, 3.05) is 21.3 Å². The highest BCUT2D eigenvalue weighted by molar-refractivity contribution is 6.12. The molecule has 0 aliphatic rings. The van der Waals surface area contributed by atoms with Gasteiger partial charge in [0.25, 0.3) is 0 Å². The van der Waals surface area contributed by atoms with Gasteiger partial charge in [-0.05, 0) is 24.3 Å². The standard InChI is InChI=1S/C22H20N2O5/c1-26-18-12-17(13-19(27-2)21(18)28-3)22(25)29-24-20(15-8-5-4-6-9-15)16-10-7-11-23-14-16/h4-14H,1-3H3/b24-20-. The van der Waals surface area contributed by atoms with E-state index in [1.807, 2.05) is 36.4 Å². The lowest BCUT2D eigenvalue weighted by atomic mass is 10.0. The number of carbonyl (C=O) groups excluding carboxylic acids is 1. The number of pyridine rings is 1. The summed E-state index contributed by atoms with van der Waals surface area (Å²) in [6.45, 7) is 0. The Morgan fingerprint density at radius 3 is 2.03 bits per heavy atom. The largest absolute Gasteiger partial charge is 0.493 e. The van der Waals surface area contributed by atoms with Crippen molar-refractivity contribution in [2.45, 2.75) is 0 Å². The molecule has 2 aromatic carbocycles. The molecule has 0 aliphatic heterocycles. The van der Waals surface area contributed by atoms with Crippen molar-refractivity contribution >= 4 is 11.7 Å². The number of oxime groups is 1. The van der Waals surface area contributed by atoms with E-state index in [1.54, 1.807) is 18.5 Å². The van der Waals surface area contributed by atoms with Crippen molar-refractivity contribution in [3.05, 3.63) is 83.7 Å². The summed E-state index contributed by atoms with van der Waals surface area (Å²) in [5.74, 6) is 0.411. The molecule has 3 rings (SSSR count). The number of benzene rings is 2. The molecule has 0 unspecified atom stereocenters. The van der Waals surface area contributed by atoms with Crippen LogP contribution in [0.25, 0.3) is 0 Å². The number of rotatable bonds is 7. The summed E-state index contributed by atoms with van der Waals surface area (Å²) in [7, 11) is 4.43. The second kappa shape index (κ2) is 9.36. The highest BCUT2D eigenvalue weighted by Crippen LogP contribution is 2.38. The van der Waals surface area contributed by atoms with Crippen LogP contribution >= 0.6 is 0 Å². The Morgan fingerprint density at radius 2 is 1.48 bits per heavy atom. The smallest absolute Gasteiger partial charge is 0.366 e. The van der Waals surface area contributed by atoms with E-state index in [9.17, 15) is 4.79 Å². The molecule has 1 aromatic heterocycles. The monoisotopic (exact) mass is 392 g/mol. The lowest BCUT2D eigenvalue weighted by molar-refractivity contribution is 0.0516. The number of carbonyl (C=O) groups is 1. The van der Waals surface area contributed by atoms with Gasteiger partial charge >= 0.3 is 5.97 Å². The Morgan fingerprint density at radius 1 is 0.828 bits per heavy atom. The molecule has 0 saturated heterocycles. The van der Waals surface area contributed by atoms with E-state index in [1.165, 1.54) is 33.5 Å². The third-order valence-electron chi connectivity index (χ3n) is 4.10. The van der Waals surface area contributed by atoms with E-state index in [2.05, 4.69) is 10.1 Å². The summed E-state index contributed by atoms with van der Waals surface area (Å²) in [4.78, 5) is 22.0. The Balaban J connectivity index is 1.95. The molecule has 0 radical (unpaired) electrons. The van der Waals surface area contributed by atoms with E-state index in [0.717, 1.165) is 11.1 Å². The van der Waals surface area contributed by atoms with Crippen molar-refractivity contribution in [2.24, 2.45) is 5.16 Å². The van der Waals surface area contributed by atoms with E-state index in [0.29, 0.717) is 23.0 Å². The number of methoxy groups -OCH3 is 3. The average molecular weight is 392 g/mol. The summed E-state index contributed by atoms with van der Waals surface area (Å²) in [6.07, 6.45) is 3.31. The average Bonchev–Trinajstić information content (AvgIpc) is 2.79. The molecular formula is C22H20N2O5. The van der Waals surface area contributed by atoms with Gasteiger partial charge in [0, 0.05) is 23.5 Å². The Labute approximate surface area is 168 Å². The van der Waals surface area contributed by atoms with Gasteiger partial charge in [-0.1, -0.05) is 35.5 Å². The van der Waals surface area contributed by atoms with E-state index in [4.69, 9.17) is 19.0 Å². The van der Waals surface area contributed by atoms with Crippen LogP contribution in [0.5, 0.6) is 17.2 Å². The van der Waals surface area contributed by atoms with Crippen molar-refractivity contribution in [1.82, 2.24) is 4.98 Å². The summed E-state index contributed by atoms with van der Waals surface area (Å²) in [6, 6.07) is 16.0. The highest BCUT2D eigenvalue weighted by atomic mass is 16.7. The maximum absolute atomic E-state index is 12.7. The number of ether oxygens (including phenoxy) is 3. The Hall–Kier alpha value is -3.87. The molecule has 148 valence electrons. The Bertz CT molecular complexity index is 938. The second-order valence-electron chi connectivity index (χ2n) is 5.84. The summed E-state index contributed by atoms with van der Waals surface area (Å²) in [5.41, 5.74) is 2.20. The third kappa shape index (κ3) is 4.52. The fourth-order valence-corrected chi connectivity index (χ4v) is 2.71. The lowest BCUT2D eigenvalue weighted by Crippen LogP contribution is -2.09. The van der Waals surface area contributed by atoms with Crippen LogP contribution in [0.1, 0.15) is 21.5 Å². The quantitative estimate of drug-likeness (QED) is 0.346. The summed E-state index contributed by atoms with van der Waals surface area (Å²) >= 11 is 0. The van der Waals surface area contributed by atoms with Crippen LogP contribution in [-0.2, 0) is 4.84 Å². The van der Waals surface area contributed by atoms with Crippen LogP contribution in [0, 0.1) is 0 Å². The minimum Gasteiger partial charge on any atom is -0.493 e. The number of nitrogens with zero attached hydrogens (tertiary/aromatic N) is 2. The van der Waals surface area contributed by atoms with Gasteiger partial charge in [0.1, 0.15) is 5.71 Å². The molecule has 0 bridgehead atoms. The first-order valence-corrected chi connectivity index (χ1v) is 8.73. The summed E-state index contributed by atoms with van der Waals surface area (Å²) in [5, 5.41) is 4.11. The van der Waals surface area contributed by atoms with Crippen molar-refractivity contribution < 1.29 is 23.8 Å². The molecule has 0 N–H and O–H groups in total. The molecule has 29 heavy (non-hydrogen) atoms. The van der Waals surface area contributed by atoms with Gasteiger partial charge in [-0.25, -0.2) is 4.79 Å². The normalized spacial score (nSPS) is 10.9. The zero-order valence-electron chi connectivity index (χ0n) is 16.3. The van der Waals surface area contributed by atoms with E-state index in [-0.39, 0.29) is 5.56 Å². The first-order valence-electron chi connectivity index (χ1n) is 8.73. The Kier molecular flexibility index (Phi) is 6.42. The maximum Gasteiger partial charge on any atom is 0.366 e. The minimum atomic E-state index is -0.665. The van der Waals surface area contributed by atoms with Gasteiger partial charge < -0.3 is 19.0 Å². The predicted molar refractivity (Wildman–Crippen MR) is 108 cm³/mol. The minimum absolute atomic E-state index is 0.210. The van der Waals surface area contributed by atoms with Crippen LogP contribution in [0.2, 0.25) is 0 Å². The molecule has 0 aliphatic carbocycles. The molecular weight excluding hydrogens is 372 g/mol. The van der Waals surface area contributed by atoms with E-state index >= 15 is 0 Å². The van der Waals surface area contributed by atoms with Crippen LogP contribution < -0.4 is 14.2 Å². The zero-order valence-corrected chi connectivity index (χ0v) is 16.3. The molecule has 0 fully saturated rings. The fraction of sp³-hybridized carbons (Fsp3) is 0.136. The highest BCUT2D eigenvalue weighted by Gasteiger charge is 2.19. The van der Waals surface area contributed by atoms with Crippen molar-refractivity contribution in [3.8, 4) is 17.2 Å². The van der Waals surface area contributed by atoms with Crippen LogP contribution in [0.15, 0.2) is 72.1 Å². The first-order chi connectivity index (χ1) is 14.2. The van der Waals surface area contributed by atoms with Gasteiger partial charge in [-0.15, -0.1) is 0 Å². The van der Waals surface area contributed by atoms with Crippen LogP contribution in [0.4, 0.5) is 0 Å². The number of hydrogen-bond donors (Lipinski definition) is 0. The maximum atomic E-state index is 12.7. The third-order valence-corrected chi connectivity index (χ3v) is 4.10. The molecule has 0 atom stereocenters. The van der Waals surface area contributed by atoms with Gasteiger partial charge in [-0.2, -0.15) is 0 Å². The van der Waals surface area contributed by atoms with Crippen molar-refractivity contribution in [1.29, 1.82) is 0 Å². The van der Waals surface area contributed by atoms with Gasteiger partial charge in [0.2, 0.25) is 5.75 Å². The molecule has 7 heteroatoms. The van der Waals surface area contributed by atoms with Gasteiger partial charge in [0.05, 0.1) is 26.9 Å². The molecule has 0 spiro atoms. The van der Waals surface area contributed by atoms with E-state index < -0.39 is 5.97 Å². The number of aromatic nitrogens is 1. The van der Waals surface area contributed by atoms with Gasteiger partial charge in [0.15, 0.2) is 11.5 Å². The topological polar surface area (TPSA) is 79.2 Å². The first kappa shape index (κ1) is 19.9. The SMILES string of the molecule is COc1cc(C(=O)O/N=C(/c2ccccc2)c2cccnc2)cc(OC)c1OC. The predicted octanol–water partition coefficient (Wildman–Crippen LogP) is 3.72. The molecule has 3 aromatic rings. The molecule has 0 saturated carbocycles. The lowest BCUT2D eigenvalue weighted by Gasteiger charge is -2.13. The number of hydrogen-bond acceptors (Lipinski definition) is 7. The molecule has 7 nitrogen and oxygen atoms in total. The zero-order chi connectivity index (χ0) is 20.6. The molecule has 1 heterocycles. The van der Waals surface area contributed by atoms with Crippen LogP contribution in [-0.4, -0.2) is 38.0 Å².